The van der Waals surface area contributed by atoms with Gasteiger partial charge in [0.15, 0.2) is 5.96 Å². The van der Waals surface area contributed by atoms with Gasteiger partial charge in [0.05, 0.1) is 6.10 Å². The zero-order valence-corrected chi connectivity index (χ0v) is 12.9. The molecular formula is C12H24IN3O. The Morgan fingerprint density at radius 2 is 2.29 bits per heavy atom. The Balaban J connectivity index is 0.00000144. The van der Waals surface area contributed by atoms with Crippen LogP contribution in [0.5, 0.6) is 0 Å². The quantitative estimate of drug-likeness (QED) is 0.451. The highest BCUT2D eigenvalue weighted by molar-refractivity contribution is 14.0. The Morgan fingerprint density at radius 1 is 1.53 bits per heavy atom. The van der Waals surface area contributed by atoms with Crippen LogP contribution in [0.2, 0.25) is 0 Å². The van der Waals surface area contributed by atoms with Crippen molar-refractivity contribution in [1.82, 2.24) is 5.32 Å². The van der Waals surface area contributed by atoms with Crippen LogP contribution in [-0.2, 0) is 4.74 Å². The standard InChI is InChI=1S/C12H23N3O.HI/c1-2-12(5-6-12)9-15-11(13)14-8-10-4-3-7-16-10;/h10H,2-9H2,1H3,(H3,13,14,15);1H. The molecule has 5 heteroatoms. The Hall–Kier alpha value is -0.0400. The smallest absolute Gasteiger partial charge is 0.188 e. The first-order chi connectivity index (χ1) is 7.74. The van der Waals surface area contributed by atoms with Gasteiger partial charge in [-0.25, -0.2) is 0 Å². The normalized spacial score (nSPS) is 26.4. The zero-order valence-electron chi connectivity index (χ0n) is 10.6. The molecule has 1 atom stereocenters. The van der Waals surface area contributed by atoms with Crippen LogP contribution in [0.15, 0.2) is 4.99 Å². The molecule has 17 heavy (non-hydrogen) atoms. The highest BCUT2D eigenvalue weighted by atomic mass is 127. The average molecular weight is 353 g/mol. The molecule has 2 rings (SSSR count). The molecule has 0 spiro atoms. The lowest BCUT2D eigenvalue weighted by molar-refractivity contribution is 0.114. The number of ether oxygens (including phenoxy) is 1. The monoisotopic (exact) mass is 353 g/mol. The van der Waals surface area contributed by atoms with E-state index in [1.165, 1.54) is 25.7 Å². The molecule has 1 heterocycles. The van der Waals surface area contributed by atoms with Crippen LogP contribution in [0.3, 0.4) is 0 Å². The fraction of sp³-hybridized carbons (Fsp3) is 0.917. The van der Waals surface area contributed by atoms with E-state index >= 15 is 0 Å². The minimum atomic E-state index is 0. The third-order valence-electron chi connectivity index (χ3n) is 3.83. The van der Waals surface area contributed by atoms with Crippen LogP contribution < -0.4 is 11.1 Å². The fourth-order valence-corrected chi connectivity index (χ4v) is 2.13. The summed E-state index contributed by atoms with van der Waals surface area (Å²) in [5.41, 5.74) is 6.31. The van der Waals surface area contributed by atoms with Crippen molar-refractivity contribution in [3.63, 3.8) is 0 Å². The van der Waals surface area contributed by atoms with Gasteiger partial charge in [-0.3, -0.25) is 4.99 Å². The molecule has 1 saturated heterocycles. The molecule has 2 fully saturated rings. The van der Waals surface area contributed by atoms with Gasteiger partial charge in [-0.05, 0) is 37.5 Å². The topological polar surface area (TPSA) is 59.6 Å². The molecule has 100 valence electrons. The molecule has 0 amide bonds. The molecule has 0 aromatic heterocycles. The molecule has 1 aliphatic carbocycles. The molecule has 2 aliphatic rings. The highest BCUT2D eigenvalue weighted by Gasteiger charge is 2.40. The lowest BCUT2D eigenvalue weighted by Crippen LogP contribution is -2.37. The molecule has 1 aliphatic heterocycles. The van der Waals surface area contributed by atoms with Crippen LogP contribution in [0, 0.1) is 5.41 Å². The first kappa shape index (κ1) is 15.0. The van der Waals surface area contributed by atoms with Gasteiger partial charge in [0.2, 0.25) is 0 Å². The maximum atomic E-state index is 5.82. The van der Waals surface area contributed by atoms with Crippen LogP contribution in [0.1, 0.15) is 39.0 Å². The number of rotatable bonds is 5. The van der Waals surface area contributed by atoms with E-state index < -0.39 is 0 Å². The van der Waals surface area contributed by atoms with E-state index in [2.05, 4.69) is 17.2 Å². The number of halogens is 1. The number of nitrogens with one attached hydrogen (secondary N) is 1. The summed E-state index contributed by atoms with van der Waals surface area (Å²) >= 11 is 0. The summed E-state index contributed by atoms with van der Waals surface area (Å²) in [6.07, 6.45) is 6.48. The zero-order chi connectivity index (χ0) is 11.4. The average Bonchev–Trinajstić information content (AvgIpc) is 2.90. The predicted octanol–water partition coefficient (Wildman–Crippen LogP) is 1.88. The first-order valence-corrected chi connectivity index (χ1v) is 6.39. The molecular weight excluding hydrogens is 329 g/mol. The van der Waals surface area contributed by atoms with Crippen molar-refractivity contribution in [2.75, 3.05) is 19.7 Å². The molecule has 1 saturated carbocycles. The van der Waals surface area contributed by atoms with Crippen molar-refractivity contribution in [2.24, 2.45) is 16.1 Å². The number of hydrogen-bond donors (Lipinski definition) is 2. The van der Waals surface area contributed by atoms with Crippen molar-refractivity contribution in [1.29, 1.82) is 0 Å². The number of aliphatic imine (C=N–C) groups is 1. The summed E-state index contributed by atoms with van der Waals surface area (Å²) in [6.45, 7) is 4.81. The van der Waals surface area contributed by atoms with E-state index in [-0.39, 0.29) is 24.0 Å². The van der Waals surface area contributed by atoms with Gasteiger partial charge in [-0.2, -0.15) is 0 Å². The Bertz CT molecular complexity index is 260. The molecule has 0 bridgehead atoms. The highest BCUT2D eigenvalue weighted by Crippen LogP contribution is 2.48. The van der Waals surface area contributed by atoms with Crippen LogP contribution >= 0.6 is 24.0 Å². The van der Waals surface area contributed by atoms with Gasteiger partial charge >= 0.3 is 0 Å². The molecule has 3 N–H and O–H groups in total. The summed E-state index contributed by atoms with van der Waals surface area (Å²) < 4.78 is 5.51. The lowest BCUT2D eigenvalue weighted by Gasteiger charge is -2.12. The molecule has 0 aromatic rings. The lowest BCUT2D eigenvalue weighted by atomic mass is 10.1. The SMILES string of the molecule is CCC1(CN=C(N)NCC2CCCO2)CC1.I. The van der Waals surface area contributed by atoms with Gasteiger partial charge in [0, 0.05) is 19.7 Å². The third-order valence-corrected chi connectivity index (χ3v) is 3.83. The van der Waals surface area contributed by atoms with Crippen molar-refractivity contribution < 1.29 is 4.74 Å². The van der Waals surface area contributed by atoms with Crippen LogP contribution in [0.4, 0.5) is 0 Å². The summed E-state index contributed by atoms with van der Waals surface area (Å²) in [4.78, 5) is 4.42. The second-order valence-electron chi connectivity index (χ2n) is 5.07. The van der Waals surface area contributed by atoms with Gasteiger partial charge < -0.3 is 15.8 Å². The van der Waals surface area contributed by atoms with Crippen molar-refractivity contribution in [2.45, 2.75) is 45.1 Å². The second kappa shape index (κ2) is 6.78. The van der Waals surface area contributed by atoms with Crippen molar-refractivity contribution >= 4 is 29.9 Å². The maximum absolute atomic E-state index is 5.82. The van der Waals surface area contributed by atoms with Crippen molar-refractivity contribution in [3.8, 4) is 0 Å². The van der Waals surface area contributed by atoms with E-state index in [0.717, 1.165) is 26.1 Å². The molecule has 1 unspecified atom stereocenters. The van der Waals surface area contributed by atoms with Gasteiger partial charge in [-0.15, -0.1) is 24.0 Å². The summed E-state index contributed by atoms with van der Waals surface area (Å²) in [6, 6.07) is 0. The van der Waals surface area contributed by atoms with Crippen molar-refractivity contribution in [3.05, 3.63) is 0 Å². The fourth-order valence-electron chi connectivity index (χ4n) is 2.13. The number of nitrogens with two attached hydrogens (primary N) is 1. The van der Waals surface area contributed by atoms with Crippen LogP contribution in [0.25, 0.3) is 0 Å². The Kier molecular flexibility index (Phi) is 5.99. The van der Waals surface area contributed by atoms with Crippen LogP contribution in [-0.4, -0.2) is 31.8 Å². The van der Waals surface area contributed by atoms with E-state index in [0.29, 0.717) is 17.5 Å². The maximum Gasteiger partial charge on any atom is 0.188 e. The van der Waals surface area contributed by atoms with E-state index in [9.17, 15) is 0 Å². The summed E-state index contributed by atoms with van der Waals surface area (Å²) in [5, 5.41) is 3.15. The van der Waals surface area contributed by atoms with Gasteiger partial charge in [0.1, 0.15) is 0 Å². The minimum absolute atomic E-state index is 0. The minimum Gasteiger partial charge on any atom is -0.376 e. The molecule has 0 radical (unpaired) electrons. The number of guanidine groups is 1. The summed E-state index contributed by atoms with van der Waals surface area (Å²) in [5.74, 6) is 0.579. The first-order valence-electron chi connectivity index (χ1n) is 6.39. The van der Waals surface area contributed by atoms with E-state index in [1.807, 2.05) is 0 Å². The predicted molar refractivity (Wildman–Crippen MR) is 80.8 cm³/mol. The van der Waals surface area contributed by atoms with E-state index in [4.69, 9.17) is 10.5 Å². The Labute approximate surface area is 121 Å². The van der Waals surface area contributed by atoms with Gasteiger partial charge in [-0.1, -0.05) is 6.92 Å². The molecule has 4 nitrogen and oxygen atoms in total. The number of nitrogens with zero attached hydrogens (tertiary/aromatic N) is 1. The largest absolute Gasteiger partial charge is 0.376 e. The number of hydrogen-bond acceptors (Lipinski definition) is 2. The molecule has 0 aromatic carbocycles. The Morgan fingerprint density at radius 3 is 2.82 bits per heavy atom. The summed E-state index contributed by atoms with van der Waals surface area (Å²) in [7, 11) is 0. The second-order valence-corrected chi connectivity index (χ2v) is 5.07. The van der Waals surface area contributed by atoms with Gasteiger partial charge in [0.25, 0.3) is 0 Å². The third kappa shape index (κ3) is 4.62. The van der Waals surface area contributed by atoms with E-state index in [1.54, 1.807) is 0 Å².